The highest BCUT2D eigenvalue weighted by atomic mass is 19.1. The van der Waals surface area contributed by atoms with Crippen molar-refractivity contribution in [1.82, 2.24) is 20.1 Å². The number of hydrogen-bond donors (Lipinski definition) is 1. The first-order valence-corrected chi connectivity index (χ1v) is 9.76. The number of benzene rings is 1. The summed E-state index contributed by atoms with van der Waals surface area (Å²) in [6.45, 7) is 3.20. The van der Waals surface area contributed by atoms with Gasteiger partial charge in [0.1, 0.15) is 17.7 Å². The molecule has 1 N–H and O–H groups in total. The molecule has 2 aromatic heterocycles. The van der Waals surface area contributed by atoms with Gasteiger partial charge in [0.05, 0.1) is 36.1 Å². The number of hydrogen-bond acceptors (Lipinski definition) is 5. The quantitative estimate of drug-likeness (QED) is 0.738. The van der Waals surface area contributed by atoms with Crippen LogP contribution in [0.2, 0.25) is 0 Å². The van der Waals surface area contributed by atoms with Gasteiger partial charge in [0, 0.05) is 25.4 Å². The number of rotatable bonds is 3. The number of nitrogens with zero attached hydrogens (tertiary/aromatic N) is 4. The molecule has 0 aliphatic carbocycles. The van der Waals surface area contributed by atoms with Gasteiger partial charge in [-0.1, -0.05) is 0 Å². The van der Waals surface area contributed by atoms with Crippen molar-refractivity contribution in [2.75, 3.05) is 18.0 Å². The monoisotopic (exact) mass is 395 g/mol. The van der Waals surface area contributed by atoms with E-state index in [2.05, 4.69) is 15.4 Å². The van der Waals surface area contributed by atoms with Gasteiger partial charge in [-0.05, 0) is 36.8 Å². The summed E-state index contributed by atoms with van der Waals surface area (Å²) in [6, 6.07) is 7.54. The van der Waals surface area contributed by atoms with Crippen molar-refractivity contribution in [2.45, 2.75) is 32.2 Å². The molecule has 150 valence electrons. The van der Waals surface area contributed by atoms with Crippen LogP contribution >= 0.6 is 0 Å². The Morgan fingerprint density at radius 2 is 2.17 bits per heavy atom. The largest absolute Gasteiger partial charge is 0.487 e. The van der Waals surface area contributed by atoms with Gasteiger partial charge in [0.25, 0.3) is 5.91 Å². The molecule has 29 heavy (non-hydrogen) atoms. The first-order chi connectivity index (χ1) is 14.0. The van der Waals surface area contributed by atoms with Crippen molar-refractivity contribution >= 4 is 22.6 Å². The fourth-order valence-corrected chi connectivity index (χ4v) is 4.15. The molecule has 1 aromatic carbocycles. The lowest BCUT2D eigenvalue weighted by Gasteiger charge is -2.36. The van der Waals surface area contributed by atoms with Crippen LogP contribution in [0, 0.1) is 6.92 Å². The average Bonchev–Trinajstić information content (AvgIpc) is 3.25. The summed E-state index contributed by atoms with van der Waals surface area (Å²) < 4.78 is 22.7. The molecule has 0 saturated carbocycles. The van der Waals surface area contributed by atoms with Crippen LogP contribution in [-0.4, -0.2) is 46.0 Å². The second-order valence-electron chi connectivity index (χ2n) is 7.70. The summed E-state index contributed by atoms with van der Waals surface area (Å²) in [5, 5.41) is 7.98. The number of ether oxygens (including phenoxy) is 1. The lowest BCUT2D eigenvalue weighted by molar-refractivity contribution is 0.0820. The maximum absolute atomic E-state index is 15.0. The minimum atomic E-state index is -1.14. The van der Waals surface area contributed by atoms with Crippen LogP contribution in [0.15, 0.2) is 30.5 Å². The van der Waals surface area contributed by atoms with E-state index >= 15 is 0 Å². The molecule has 7 nitrogen and oxygen atoms in total. The number of aromatic nitrogens is 3. The Bertz CT molecular complexity index is 1110. The van der Waals surface area contributed by atoms with Crippen molar-refractivity contribution in [3.8, 4) is 5.75 Å². The molecule has 2 atom stereocenters. The highest BCUT2D eigenvalue weighted by Gasteiger charge is 2.33. The van der Waals surface area contributed by atoms with E-state index in [-0.39, 0.29) is 12.5 Å². The van der Waals surface area contributed by atoms with Gasteiger partial charge < -0.3 is 15.0 Å². The van der Waals surface area contributed by atoms with Gasteiger partial charge in [-0.25, -0.2) is 9.37 Å². The Balaban J connectivity index is 1.31. The molecule has 4 heterocycles. The summed E-state index contributed by atoms with van der Waals surface area (Å²) in [6.07, 6.45) is 0.697. The lowest BCUT2D eigenvalue weighted by Crippen LogP contribution is -2.47. The fourth-order valence-electron chi connectivity index (χ4n) is 4.15. The normalized spacial score (nSPS) is 21.3. The van der Waals surface area contributed by atoms with E-state index in [1.807, 2.05) is 43.1 Å². The predicted octanol–water partition coefficient (Wildman–Crippen LogP) is 2.52. The third-order valence-electron chi connectivity index (χ3n) is 5.71. The highest BCUT2D eigenvalue weighted by molar-refractivity contribution is 5.98. The van der Waals surface area contributed by atoms with Crippen molar-refractivity contribution in [1.29, 1.82) is 0 Å². The molecule has 0 radical (unpaired) electrons. The number of piperidine rings is 1. The molecule has 0 bridgehead atoms. The highest BCUT2D eigenvalue weighted by Crippen LogP contribution is 2.29. The summed E-state index contributed by atoms with van der Waals surface area (Å²) in [5.74, 6) is 1.31. The molecule has 1 amide bonds. The van der Waals surface area contributed by atoms with Gasteiger partial charge in [-0.2, -0.15) is 5.10 Å². The molecule has 1 fully saturated rings. The predicted molar refractivity (Wildman–Crippen MR) is 107 cm³/mol. The van der Waals surface area contributed by atoms with E-state index in [0.29, 0.717) is 30.8 Å². The minimum absolute atomic E-state index is 0.0942. The standard InChI is InChI=1S/C21H22FN5O2/c1-12-7-15-17(10-23-21(15)28)25-20(12)27-6-5-19(16(22)11-27)29-14-3-4-18-13(8-14)9-24-26(18)2/h3-4,7-9,16,19H,5-6,10-11H2,1-2H3,(H,23,28)/t16-,19-/m0/s1. The Morgan fingerprint density at radius 1 is 1.31 bits per heavy atom. The molecule has 2 aliphatic heterocycles. The van der Waals surface area contributed by atoms with Crippen molar-refractivity contribution in [3.05, 3.63) is 47.3 Å². The molecular weight excluding hydrogens is 373 g/mol. The number of pyridine rings is 1. The molecule has 2 aliphatic rings. The number of carbonyl (C=O) groups is 1. The molecule has 0 unspecified atom stereocenters. The van der Waals surface area contributed by atoms with Crippen molar-refractivity contribution < 1.29 is 13.9 Å². The van der Waals surface area contributed by atoms with Crippen LogP contribution in [0.5, 0.6) is 5.75 Å². The molecular formula is C21H22FN5O2. The van der Waals surface area contributed by atoms with E-state index < -0.39 is 12.3 Å². The Morgan fingerprint density at radius 3 is 3.00 bits per heavy atom. The summed E-state index contributed by atoms with van der Waals surface area (Å²) in [5.41, 5.74) is 3.24. The number of amides is 1. The Kier molecular flexibility index (Phi) is 4.15. The number of nitrogens with one attached hydrogen (secondary N) is 1. The second kappa shape index (κ2) is 6.72. The second-order valence-corrected chi connectivity index (χ2v) is 7.70. The smallest absolute Gasteiger partial charge is 0.253 e. The number of aryl methyl sites for hydroxylation is 2. The van der Waals surface area contributed by atoms with E-state index in [1.54, 1.807) is 10.9 Å². The zero-order valence-electron chi connectivity index (χ0n) is 16.4. The fraction of sp³-hybridized carbons (Fsp3) is 0.381. The zero-order valence-corrected chi connectivity index (χ0v) is 16.4. The summed E-state index contributed by atoms with van der Waals surface area (Å²) >= 11 is 0. The van der Waals surface area contributed by atoms with Crippen LogP contribution in [0.4, 0.5) is 10.2 Å². The molecule has 0 spiro atoms. The molecule has 1 saturated heterocycles. The molecule has 8 heteroatoms. The van der Waals surface area contributed by atoms with Gasteiger partial charge >= 0.3 is 0 Å². The maximum atomic E-state index is 15.0. The lowest BCUT2D eigenvalue weighted by atomic mass is 10.0. The number of halogens is 1. The van der Waals surface area contributed by atoms with E-state index in [1.165, 1.54) is 0 Å². The summed E-state index contributed by atoms with van der Waals surface area (Å²) in [7, 11) is 1.89. The SMILES string of the molecule is Cc1cc2c(nc1N1CC[C@H](Oc3ccc4c(cnn4C)c3)[C@@H](F)C1)CNC2=O. The van der Waals surface area contributed by atoms with Gasteiger partial charge in [0.2, 0.25) is 0 Å². The van der Waals surface area contributed by atoms with Gasteiger partial charge in [0.15, 0.2) is 6.17 Å². The van der Waals surface area contributed by atoms with Gasteiger partial charge in [-0.15, -0.1) is 0 Å². The first kappa shape index (κ1) is 17.9. The number of fused-ring (bicyclic) bond motifs is 2. The Hall–Kier alpha value is -3.16. The molecule has 3 aromatic rings. The summed E-state index contributed by atoms with van der Waals surface area (Å²) in [4.78, 5) is 18.4. The van der Waals surface area contributed by atoms with Crippen LogP contribution in [-0.2, 0) is 13.6 Å². The number of anilines is 1. The first-order valence-electron chi connectivity index (χ1n) is 9.76. The number of carbonyl (C=O) groups excluding carboxylic acids is 1. The minimum Gasteiger partial charge on any atom is -0.487 e. The average molecular weight is 395 g/mol. The Labute approximate surface area is 167 Å². The van der Waals surface area contributed by atoms with E-state index in [0.717, 1.165) is 28.0 Å². The zero-order chi connectivity index (χ0) is 20.1. The van der Waals surface area contributed by atoms with Crippen LogP contribution < -0.4 is 15.0 Å². The van der Waals surface area contributed by atoms with Gasteiger partial charge in [-0.3, -0.25) is 9.48 Å². The van der Waals surface area contributed by atoms with Crippen LogP contribution in [0.25, 0.3) is 10.9 Å². The molecule has 5 rings (SSSR count). The van der Waals surface area contributed by atoms with Crippen LogP contribution in [0.3, 0.4) is 0 Å². The van der Waals surface area contributed by atoms with Crippen molar-refractivity contribution in [2.24, 2.45) is 7.05 Å². The maximum Gasteiger partial charge on any atom is 0.253 e. The topological polar surface area (TPSA) is 72.3 Å². The van der Waals surface area contributed by atoms with E-state index in [9.17, 15) is 9.18 Å². The third-order valence-corrected chi connectivity index (χ3v) is 5.71. The number of alkyl halides is 1. The van der Waals surface area contributed by atoms with Crippen molar-refractivity contribution in [3.63, 3.8) is 0 Å². The van der Waals surface area contributed by atoms with E-state index in [4.69, 9.17) is 4.74 Å². The van der Waals surface area contributed by atoms with Crippen LogP contribution in [0.1, 0.15) is 28.0 Å². The third kappa shape index (κ3) is 3.08.